The molecule has 0 rings (SSSR count). The van der Waals surface area contributed by atoms with Crippen molar-refractivity contribution in [3.05, 3.63) is 31.0 Å². The van der Waals surface area contributed by atoms with E-state index in [0.29, 0.717) is 0 Å². The van der Waals surface area contributed by atoms with E-state index in [1.807, 2.05) is 0 Å². The molecule has 82 valence electrons. The van der Waals surface area contributed by atoms with E-state index in [4.69, 9.17) is 11.1 Å². The second-order valence-electron chi connectivity index (χ2n) is 3.55. The second-order valence-corrected chi connectivity index (χ2v) is 3.55. The minimum absolute atomic E-state index is 1.06. The second kappa shape index (κ2) is 4.36. The first-order chi connectivity index (χ1) is 6.79. The molecule has 15 heavy (non-hydrogen) atoms. The van der Waals surface area contributed by atoms with Crippen LogP contribution in [0.1, 0.15) is 20.8 Å². The van der Waals surface area contributed by atoms with Gasteiger partial charge in [0, 0.05) is 15.2 Å². The molecule has 0 aromatic rings. The van der Waals surface area contributed by atoms with Crippen LogP contribution in [0.15, 0.2) is 10.2 Å². The lowest BCUT2D eigenvalue weighted by Crippen LogP contribution is -2.42. The summed E-state index contributed by atoms with van der Waals surface area (Å²) < 4.78 is 0. The monoisotopic (exact) mass is 215 g/mol. The summed E-state index contributed by atoms with van der Waals surface area (Å²) in [6.45, 7) is 4.42. The molecule has 0 amide bonds. The molecule has 0 aliphatic carbocycles. The Hall–Kier alpha value is -2.18. The third-order valence-corrected chi connectivity index (χ3v) is 1.54. The van der Waals surface area contributed by atoms with Crippen LogP contribution >= 0.6 is 0 Å². The predicted molar refractivity (Wildman–Crippen MR) is 48.6 cm³/mol. The Labute approximate surface area is 84.2 Å². The van der Waals surface area contributed by atoms with Gasteiger partial charge >= 0.3 is 0 Å². The van der Waals surface area contributed by atoms with Crippen molar-refractivity contribution in [2.45, 2.75) is 26.6 Å². The molecule has 0 aromatic heterocycles. The van der Waals surface area contributed by atoms with E-state index in [-0.39, 0.29) is 0 Å². The molecule has 0 N–H and O–H groups in total. The summed E-state index contributed by atoms with van der Waals surface area (Å²) in [6, 6.07) is 0. The zero-order chi connectivity index (χ0) is 12.1. The average Bonchev–Trinajstić information content (AvgIpc) is 2.01. The van der Waals surface area contributed by atoms with Crippen molar-refractivity contribution < 1.29 is 9.92 Å². The molecule has 0 unspecified atom stereocenters. The number of hydrogen-bond acceptors (Lipinski definition) is 5. The van der Waals surface area contributed by atoms with Gasteiger partial charge in [-0.2, -0.15) is 0 Å². The molecule has 0 spiro atoms. The first kappa shape index (κ1) is 12.8. The molecule has 0 fully saturated rings. The van der Waals surface area contributed by atoms with Crippen LogP contribution in [0.3, 0.4) is 0 Å². The maximum absolute atomic E-state index is 10.2. The number of azide groups is 1. The van der Waals surface area contributed by atoms with Crippen LogP contribution in [0.2, 0.25) is 0 Å². The minimum atomic E-state index is -2.22. The normalized spacial score (nSPS) is 14.1. The van der Waals surface area contributed by atoms with Crippen molar-refractivity contribution in [2.24, 2.45) is 15.6 Å². The molecule has 10 nitrogen and oxygen atoms in total. The summed E-state index contributed by atoms with van der Waals surface area (Å²) in [5, 5.41) is 15.2. The summed E-state index contributed by atoms with van der Waals surface area (Å²) in [5.74, 6) is -2.22. The maximum Gasteiger partial charge on any atom is 0.295 e. The average molecular weight is 215 g/mol. The Morgan fingerprint density at radius 2 is 1.67 bits per heavy atom. The summed E-state index contributed by atoms with van der Waals surface area (Å²) in [6.07, 6.45) is 0. The molecule has 10 heteroatoms. The van der Waals surface area contributed by atoms with Crippen LogP contribution in [0.4, 0.5) is 0 Å². The van der Waals surface area contributed by atoms with Crippen LogP contribution in [-0.2, 0) is 4.84 Å². The van der Waals surface area contributed by atoms with Gasteiger partial charge in [-0.3, -0.25) is 4.84 Å². The predicted octanol–water partition coefficient (Wildman–Crippen LogP) is 2.52. The van der Waals surface area contributed by atoms with E-state index in [2.05, 4.69) is 24.9 Å². The van der Waals surface area contributed by atoms with Gasteiger partial charge in [-0.25, -0.2) is 0 Å². The zero-order valence-electron chi connectivity index (χ0n) is 8.36. The Kier molecular flexibility index (Phi) is 3.72. The highest BCUT2D eigenvalue weighted by molar-refractivity contribution is 4.87. The largest absolute Gasteiger partial charge is 0.295 e. The smallest absolute Gasteiger partial charge is 0.294 e. The van der Waals surface area contributed by atoms with E-state index >= 15 is 0 Å². The number of nitrogens with zero attached hydrogens (tertiary/aromatic N) is 7. The van der Waals surface area contributed by atoms with Crippen molar-refractivity contribution in [3.8, 4) is 0 Å². The van der Waals surface area contributed by atoms with Gasteiger partial charge in [0.2, 0.25) is 0 Å². The van der Waals surface area contributed by atoms with Crippen molar-refractivity contribution >= 4 is 0 Å². The standard InChI is InChI=1S/C5H9N7O3/c1-4(2,3)5(8-10-6,9-11-7)15-12(13)14/h1-3H3. The lowest BCUT2D eigenvalue weighted by atomic mass is 9.90. The summed E-state index contributed by atoms with van der Waals surface area (Å²) in [4.78, 5) is 19.1. The lowest BCUT2D eigenvalue weighted by molar-refractivity contribution is -0.785. The molecule has 0 heterocycles. The van der Waals surface area contributed by atoms with Crippen LogP contribution < -0.4 is 0 Å². The van der Waals surface area contributed by atoms with E-state index < -0.39 is 16.4 Å². The quantitative estimate of drug-likeness (QED) is 0.233. The zero-order valence-corrected chi connectivity index (χ0v) is 8.36. The van der Waals surface area contributed by atoms with Crippen molar-refractivity contribution in [3.63, 3.8) is 0 Å². The van der Waals surface area contributed by atoms with Crippen LogP contribution in [0.5, 0.6) is 0 Å². The fourth-order valence-electron chi connectivity index (χ4n) is 0.719. The van der Waals surface area contributed by atoms with E-state index in [1.54, 1.807) is 0 Å². The number of rotatable bonds is 4. The van der Waals surface area contributed by atoms with Gasteiger partial charge in [-0.1, -0.05) is 31.0 Å². The van der Waals surface area contributed by atoms with Crippen LogP contribution in [0, 0.1) is 15.5 Å². The Bertz CT molecular complexity index is 328. The molecule has 0 radical (unpaired) electrons. The summed E-state index contributed by atoms with van der Waals surface area (Å²) >= 11 is 0. The molecule has 0 aromatic carbocycles. The van der Waals surface area contributed by atoms with Gasteiger partial charge < -0.3 is 0 Å². The van der Waals surface area contributed by atoms with E-state index in [1.165, 1.54) is 20.8 Å². The first-order valence-corrected chi connectivity index (χ1v) is 3.75. The summed E-state index contributed by atoms with van der Waals surface area (Å²) in [7, 11) is 0. The first-order valence-electron chi connectivity index (χ1n) is 3.75. The summed E-state index contributed by atoms with van der Waals surface area (Å²) in [5.41, 5.74) is 15.5. The Morgan fingerprint density at radius 3 is 1.87 bits per heavy atom. The maximum atomic E-state index is 10.2. The highest BCUT2D eigenvalue weighted by Crippen LogP contribution is 2.36. The molecule has 0 bridgehead atoms. The third kappa shape index (κ3) is 2.90. The van der Waals surface area contributed by atoms with Crippen molar-refractivity contribution in [2.75, 3.05) is 0 Å². The van der Waals surface area contributed by atoms with E-state index in [9.17, 15) is 10.1 Å². The molecular weight excluding hydrogens is 206 g/mol. The van der Waals surface area contributed by atoms with Gasteiger partial charge in [-0.05, 0) is 11.1 Å². The molecule has 0 saturated carbocycles. The topological polar surface area (TPSA) is 150 Å². The lowest BCUT2D eigenvalue weighted by Gasteiger charge is -2.33. The van der Waals surface area contributed by atoms with Gasteiger partial charge in [-0.15, -0.1) is 10.1 Å². The van der Waals surface area contributed by atoms with E-state index in [0.717, 1.165) is 0 Å². The van der Waals surface area contributed by atoms with Gasteiger partial charge in [0.1, 0.15) is 0 Å². The molecule has 0 saturated heterocycles. The number of hydrogen-bond donors (Lipinski definition) is 0. The van der Waals surface area contributed by atoms with Crippen LogP contribution in [0.25, 0.3) is 20.9 Å². The Morgan fingerprint density at radius 1 is 1.27 bits per heavy atom. The van der Waals surface area contributed by atoms with Gasteiger partial charge in [0.15, 0.2) is 0 Å². The fraction of sp³-hybridized carbons (Fsp3) is 1.00. The Balaban J connectivity index is 5.56. The molecule has 0 aliphatic heterocycles. The van der Waals surface area contributed by atoms with Crippen LogP contribution in [-0.4, -0.2) is 10.9 Å². The van der Waals surface area contributed by atoms with Gasteiger partial charge in [0.05, 0.1) is 0 Å². The molecule has 0 atom stereocenters. The van der Waals surface area contributed by atoms with Gasteiger partial charge in [0.25, 0.3) is 10.9 Å². The highest BCUT2D eigenvalue weighted by Gasteiger charge is 2.45. The highest BCUT2D eigenvalue weighted by atomic mass is 17.0. The molecule has 0 aliphatic rings. The van der Waals surface area contributed by atoms with Crippen molar-refractivity contribution in [1.82, 2.24) is 0 Å². The minimum Gasteiger partial charge on any atom is -0.294 e. The third-order valence-electron chi connectivity index (χ3n) is 1.54. The molecular formula is C5H9N7O3. The fourth-order valence-corrected chi connectivity index (χ4v) is 0.719. The SMILES string of the molecule is CC(C)(C)C(N=[N+]=[N-])(N=[N+]=[N-])O[N+](=O)[O-]. The van der Waals surface area contributed by atoms with Crippen molar-refractivity contribution in [1.29, 1.82) is 0 Å².